The first-order valence-electron chi connectivity index (χ1n) is 6.63. The normalized spacial score (nSPS) is 16.2. The van der Waals surface area contributed by atoms with Gasteiger partial charge in [0.25, 0.3) is 0 Å². The second kappa shape index (κ2) is 7.03. The fourth-order valence-electron chi connectivity index (χ4n) is 2.26. The van der Waals surface area contributed by atoms with E-state index in [4.69, 9.17) is 14.7 Å². The highest BCUT2D eigenvalue weighted by Crippen LogP contribution is 2.20. The summed E-state index contributed by atoms with van der Waals surface area (Å²) in [5.41, 5.74) is 0.626. The van der Waals surface area contributed by atoms with Crippen LogP contribution in [0.5, 0.6) is 5.75 Å². The molecule has 0 atom stereocenters. The Morgan fingerprint density at radius 1 is 1.17 bits per heavy atom. The van der Waals surface area contributed by atoms with Gasteiger partial charge in [-0.25, -0.2) is 0 Å². The average molecular weight is 245 g/mol. The van der Waals surface area contributed by atoms with Gasteiger partial charge in [0, 0.05) is 0 Å². The molecule has 0 N–H and O–H groups in total. The predicted octanol–water partition coefficient (Wildman–Crippen LogP) is 3.29. The number of hydrogen-bond acceptors (Lipinski definition) is 3. The van der Waals surface area contributed by atoms with Crippen molar-refractivity contribution in [3.05, 3.63) is 29.8 Å². The van der Waals surface area contributed by atoms with Gasteiger partial charge in [-0.15, -0.1) is 0 Å². The van der Waals surface area contributed by atoms with Crippen molar-refractivity contribution in [3.63, 3.8) is 0 Å². The molecule has 0 amide bonds. The van der Waals surface area contributed by atoms with E-state index in [1.54, 1.807) is 12.1 Å². The van der Waals surface area contributed by atoms with Crippen LogP contribution in [0.15, 0.2) is 24.3 Å². The summed E-state index contributed by atoms with van der Waals surface area (Å²) in [4.78, 5) is 0. The number of hydrogen-bond donors (Lipinski definition) is 0. The molecule has 0 aromatic heterocycles. The molecule has 0 bridgehead atoms. The molecule has 1 fully saturated rings. The Balaban J connectivity index is 1.67. The van der Waals surface area contributed by atoms with Crippen LogP contribution in [0.25, 0.3) is 0 Å². The maximum absolute atomic E-state index is 8.77. The Kier molecular flexibility index (Phi) is 5.04. The fraction of sp³-hybridized carbons (Fsp3) is 0.533. The molecule has 1 aliphatic carbocycles. The van der Waals surface area contributed by atoms with Crippen LogP contribution in [0.4, 0.5) is 0 Å². The van der Waals surface area contributed by atoms with Crippen molar-refractivity contribution >= 4 is 0 Å². The monoisotopic (exact) mass is 245 g/mol. The highest BCUT2D eigenvalue weighted by Gasteiger charge is 2.13. The quantitative estimate of drug-likeness (QED) is 0.747. The van der Waals surface area contributed by atoms with Crippen molar-refractivity contribution in [3.8, 4) is 11.8 Å². The summed E-state index contributed by atoms with van der Waals surface area (Å²) in [5.74, 6) is 0.737. The van der Waals surface area contributed by atoms with E-state index in [9.17, 15) is 0 Å². The van der Waals surface area contributed by atoms with E-state index in [1.807, 2.05) is 12.1 Å². The van der Waals surface area contributed by atoms with Crippen molar-refractivity contribution in [2.45, 2.75) is 38.2 Å². The minimum absolute atomic E-state index is 0.424. The highest BCUT2D eigenvalue weighted by molar-refractivity contribution is 5.36. The van der Waals surface area contributed by atoms with E-state index < -0.39 is 0 Å². The van der Waals surface area contributed by atoms with Crippen molar-refractivity contribution in [2.24, 2.45) is 0 Å². The molecule has 96 valence electrons. The summed E-state index contributed by atoms with van der Waals surface area (Å²) in [6.45, 7) is 1.17. The first-order valence-corrected chi connectivity index (χ1v) is 6.63. The highest BCUT2D eigenvalue weighted by atomic mass is 16.5. The van der Waals surface area contributed by atoms with Crippen LogP contribution < -0.4 is 4.74 Å². The molecular weight excluding hydrogens is 226 g/mol. The largest absolute Gasteiger partial charge is 0.491 e. The van der Waals surface area contributed by atoms with Gasteiger partial charge in [0.05, 0.1) is 24.3 Å². The Hall–Kier alpha value is -1.53. The lowest BCUT2D eigenvalue weighted by Crippen LogP contribution is -2.19. The van der Waals surface area contributed by atoms with Gasteiger partial charge in [0.1, 0.15) is 12.4 Å². The van der Waals surface area contributed by atoms with E-state index in [0.29, 0.717) is 24.9 Å². The zero-order chi connectivity index (χ0) is 12.6. The Morgan fingerprint density at radius 2 is 2.00 bits per heavy atom. The second-order valence-corrected chi connectivity index (χ2v) is 4.62. The van der Waals surface area contributed by atoms with Gasteiger partial charge in [-0.2, -0.15) is 5.26 Å². The smallest absolute Gasteiger partial charge is 0.120 e. The molecule has 3 heteroatoms. The molecule has 18 heavy (non-hydrogen) atoms. The molecule has 1 aromatic rings. The number of nitriles is 1. The van der Waals surface area contributed by atoms with E-state index >= 15 is 0 Å². The Bertz CT molecular complexity index is 405. The van der Waals surface area contributed by atoms with Crippen LogP contribution >= 0.6 is 0 Å². The maximum atomic E-state index is 8.77. The third kappa shape index (κ3) is 4.05. The lowest BCUT2D eigenvalue weighted by molar-refractivity contribution is 0.0129. The second-order valence-electron chi connectivity index (χ2n) is 4.62. The van der Waals surface area contributed by atoms with Gasteiger partial charge >= 0.3 is 0 Å². The summed E-state index contributed by atoms with van der Waals surface area (Å²) in [6.07, 6.45) is 6.71. The average Bonchev–Trinajstić information content (AvgIpc) is 2.45. The Morgan fingerprint density at radius 3 is 2.78 bits per heavy atom. The molecular formula is C15H19NO2. The number of rotatable bonds is 5. The minimum atomic E-state index is 0.424. The van der Waals surface area contributed by atoms with Crippen LogP contribution in [-0.2, 0) is 4.74 Å². The van der Waals surface area contributed by atoms with Gasteiger partial charge in [0.15, 0.2) is 0 Å². The van der Waals surface area contributed by atoms with Gasteiger partial charge in [-0.1, -0.05) is 25.3 Å². The van der Waals surface area contributed by atoms with Gasteiger partial charge in [-0.05, 0) is 31.0 Å². The standard InChI is InChI=1S/C15H19NO2/c16-12-13-5-4-8-15(11-13)18-10-9-17-14-6-2-1-3-7-14/h4-5,8,11,14H,1-3,6-7,9-10H2. The molecule has 1 aliphatic rings. The first-order chi connectivity index (χ1) is 8.88. The van der Waals surface area contributed by atoms with Crippen molar-refractivity contribution in [1.29, 1.82) is 5.26 Å². The molecule has 0 radical (unpaired) electrons. The van der Waals surface area contributed by atoms with E-state index in [-0.39, 0.29) is 0 Å². The third-order valence-corrected chi connectivity index (χ3v) is 3.22. The lowest BCUT2D eigenvalue weighted by atomic mass is 9.98. The molecule has 0 heterocycles. The molecule has 0 unspecified atom stereocenters. The van der Waals surface area contributed by atoms with Crippen LogP contribution in [0.2, 0.25) is 0 Å². The zero-order valence-electron chi connectivity index (χ0n) is 10.6. The third-order valence-electron chi connectivity index (χ3n) is 3.22. The van der Waals surface area contributed by atoms with Gasteiger partial charge < -0.3 is 9.47 Å². The van der Waals surface area contributed by atoms with Crippen molar-refractivity contribution in [2.75, 3.05) is 13.2 Å². The molecule has 1 aromatic carbocycles. The Labute approximate surface area is 108 Å². The minimum Gasteiger partial charge on any atom is -0.491 e. The van der Waals surface area contributed by atoms with Gasteiger partial charge in [0.2, 0.25) is 0 Å². The fourth-order valence-corrected chi connectivity index (χ4v) is 2.26. The summed E-state index contributed by atoms with van der Waals surface area (Å²) < 4.78 is 11.3. The topological polar surface area (TPSA) is 42.2 Å². The van der Waals surface area contributed by atoms with E-state index in [0.717, 1.165) is 5.75 Å². The summed E-state index contributed by atoms with van der Waals surface area (Å²) >= 11 is 0. The molecule has 1 saturated carbocycles. The molecule has 3 nitrogen and oxygen atoms in total. The van der Waals surface area contributed by atoms with E-state index in [2.05, 4.69) is 6.07 Å². The number of nitrogens with zero attached hydrogens (tertiary/aromatic N) is 1. The number of ether oxygens (including phenoxy) is 2. The molecule has 0 spiro atoms. The van der Waals surface area contributed by atoms with Crippen molar-refractivity contribution in [1.82, 2.24) is 0 Å². The first kappa shape index (κ1) is 12.9. The van der Waals surface area contributed by atoms with Crippen LogP contribution in [0, 0.1) is 11.3 Å². The summed E-state index contributed by atoms with van der Waals surface area (Å²) in [7, 11) is 0. The SMILES string of the molecule is N#Cc1cccc(OCCOC2CCCCC2)c1. The van der Waals surface area contributed by atoms with Gasteiger partial charge in [-0.3, -0.25) is 0 Å². The summed E-state index contributed by atoms with van der Waals surface area (Å²) in [5, 5.41) is 8.77. The van der Waals surface area contributed by atoms with Crippen LogP contribution in [-0.4, -0.2) is 19.3 Å². The van der Waals surface area contributed by atoms with E-state index in [1.165, 1.54) is 32.1 Å². The molecule has 0 aliphatic heterocycles. The summed E-state index contributed by atoms with van der Waals surface area (Å²) in [6, 6.07) is 9.31. The predicted molar refractivity (Wildman–Crippen MR) is 69.5 cm³/mol. The maximum Gasteiger partial charge on any atom is 0.120 e. The van der Waals surface area contributed by atoms with Crippen LogP contribution in [0.1, 0.15) is 37.7 Å². The van der Waals surface area contributed by atoms with Crippen LogP contribution in [0.3, 0.4) is 0 Å². The lowest BCUT2D eigenvalue weighted by Gasteiger charge is -2.21. The zero-order valence-corrected chi connectivity index (χ0v) is 10.6. The molecule has 2 rings (SSSR count). The van der Waals surface area contributed by atoms with Crippen molar-refractivity contribution < 1.29 is 9.47 Å². The molecule has 0 saturated heterocycles. The number of benzene rings is 1.